The highest BCUT2D eigenvalue weighted by molar-refractivity contribution is 6.01. The number of nitrogens with one attached hydrogen (secondary N) is 2. The number of nitrogens with zero attached hydrogens (tertiary/aromatic N) is 3. The minimum atomic E-state index is -1.28. The van der Waals surface area contributed by atoms with Crippen molar-refractivity contribution in [2.24, 2.45) is 0 Å². The Balaban J connectivity index is 1.42. The van der Waals surface area contributed by atoms with Gasteiger partial charge in [-0.05, 0) is 143 Å². The minimum Gasteiger partial charge on any atom is -0.493 e. The summed E-state index contributed by atoms with van der Waals surface area (Å²) >= 11 is 0. The van der Waals surface area contributed by atoms with Gasteiger partial charge in [-0.25, -0.2) is 4.98 Å². The van der Waals surface area contributed by atoms with Crippen LogP contribution in [0.4, 0.5) is 5.69 Å². The molecule has 4 aromatic rings. The predicted molar refractivity (Wildman–Crippen MR) is 249 cm³/mol. The first-order valence-electron chi connectivity index (χ1n) is 22.1. The standard InChI is InChI=1S/C50H66N6O9/c1-47(2,3)63-42(57)19-22-50(23-20-43(58)64-48(4,5)6,24-21-44(59)65-49(7,8)9)56-46(61)35-29-34(30-36(51)31-35)45(60)54-27-13-10-16-28-62-37-32-40(38-17-11-14-25-52-38)55-41(33-37)39-18-12-15-26-53-39/h11-12,14-15,17-18,25-26,29-33H,10,13,16,19-24,27-28,51H2,1-9H3,(H,54,60)(H,56,61). The topological polar surface area (TPSA) is 211 Å². The molecule has 0 aliphatic rings. The molecule has 0 aliphatic carbocycles. The Kier molecular flexibility index (Phi) is 18.1. The number of esters is 3. The second-order valence-corrected chi connectivity index (χ2v) is 19.0. The van der Waals surface area contributed by atoms with Crippen LogP contribution < -0.4 is 21.1 Å². The normalized spacial score (nSPS) is 11.9. The van der Waals surface area contributed by atoms with Crippen LogP contribution in [0.15, 0.2) is 79.1 Å². The maximum absolute atomic E-state index is 14.2. The largest absolute Gasteiger partial charge is 0.493 e. The van der Waals surface area contributed by atoms with Crippen molar-refractivity contribution in [2.75, 3.05) is 18.9 Å². The molecule has 0 saturated carbocycles. The molecule has 4 rings (SSSR count). The number of unbranched alkanes of at least 4 members (excludes halogenated alkanes) is 2. The number of pyridine rings is 3. The smallest absolute Gasteiger partial charge is 0.306 e. The van der Waals surface area contributed by atoms with Crippen molar-refractivity contribution in [3.8, 4) is 28.5 Å². The van der Waals surface area contributed by atoms with Crippen molar-refractivity contribution < 1.29 is 42.9 Å². The second kappa shape index (κ2) is 23.0. The zero-order valence-corrected chi connectivity index (χ0v) is 39.4. The molecule has 4 N–H and O–H groups in total. The van der Waals surface area contributed by atoms with Gasteiger partial charge >= 0.3 is 17.9 Å². The Bertz CT molecular complexity index is 2090. The van der Waals surface area contributed by atoms with E-state index in [-0.39, 0.29) is 55.3 Å². The summed E-state index contributed by atoms with van der Waals surface area (Å²) < 4.78 is 22.9. The molecule has 0 saturated heterocycles. The summed E-state index contributed by atoms with van der Waals surface area (Å²) in [6.07, 6.45) is 5.28. The summed E-state index contributed by atoms with van der Waals surface area (Å²) in [4.78, 5) is 80.3. The fraction of sp³-hybridized carbons (Fsp3) is 0.480. The summed E-state index contributed by atoms with van der Waals surface area (Å²) in [5.74, 6) is -1.94. The number of benzene rings is 1. The molecule has 0 spiro atoms. The fourth-order valence-electron chi connectivity index (χ4n) is 6.77. The number of hydrogen-bond acceptors (Lipinski definition) is 13. The van der Waals surface area contributed by atoms with Crippen molar-refractivity contribution in [2.45, 2.75) is 142 Å². The third kappa shape index (κ3) is 18.7. The molecule has 1 aromatic carbocycles. The fourth-order valence-corrected chi connectivity index (χ4v) is 6.77. The average molecular weight is 895 g/mol. The van der Waals surface area contributed by atoms with Crippen molar-refractivity contribution >= 4 is 35.4 Å². The zero-order chi connectivity index (χ0) is 47.8. The molecule has 65 heavy (non-hydrogen) atoms. The maximum atomic E-state index is 14.2. The monoisotopic (exact) mass is 894 g/mol. The highest BCUT2D eigenvalue weighted by Gasteiger charge is 2.36. The maximum Gasteiger partial charge on any atom is 0.306 e. The van der Waals surface area contributed by atoms with E-state index >= 15 is 0 Å². The van der Waals surface area contributed by atoms with Gasteiger partial charge in [-0.2, -0.15) is 0 Å². The molecule has 0 aliphatic heterocycles. The van der Waals surface area contributed by atoms with Crippen LogP contribution in [0, 0.1) is 0 Å². The first kappa shape index (κ1) is 51.3. The number of aromatic nitrogens is 3. The first-order chi connectivity index (χ1) is 30.5. The molecule has 15 heteroatoms. The first-order valence-corrected chi connectivity index (χ1v) is 22.1. The summed E-state index contributed by atoms with van der Waals surface area (Å²) in [6, 6.07) is 19.3. The number of nitrogens with two attached hydrogens (primary N) is 1. The van der Waals surface area contributed by atoms with Crippen LogP contribution in [-0.4, -0.2) is 80.2 Å². The van der Waals surface area contributed by atoms with Gasteiger partial charge in [0, 0.05) is 72.7 Å². The van der Waals surface area contributed by atoms with Gasteiger partial charge in [0.05, 0.1) is 29.4 Å². The molecule has 0 radical (unpaired) electrons. The highest BCUT2D eigenvalue weighted by Crippen LogP contribution is 2.30. The van der Waals surface area contributed by atoms with Crippen LogP contribution in [0.1, 0.15) is 141 Å². The number of amides is 2. The van der Waals surface area contributed by atoms with Gasteiger partial charge in [0.25, 0.3) is 11.8 Å². The molecular formula is C50H66N6O9. The molecule has 0 bridgehead atoms. The number of nitrogen functional groups attached to an aromatic ring is 1. The van der Waals surface area contributed by atoms with Gasteiger partial charge < -0.3 is 35.3 Å². The Labute approximate surface area is 383 Å². The van der Waals surface area contributed by atoms with E-state index in [2.05, 4.69) is 20.6 Å². The molecule has 2 amide bonds. The van der Waals surface area contributed by atoms with E-state index in [1.54, 1.807) is 74.7 Å². The van der Waals surface area contributed by atoms with E-state index in [0.29, 0.717) is 48.1 Å². The van der Waals surface area contributed by atoms with E-state index in [9.17, 15) is 24.0 Å². The Morgan fingerprint density at radius 3 is 1.46 bits per heavy atom. The average Bonchev–Trinajstić information content (AvgIpc) is 3.22. The minimum absolute atomic E-state index is 0.0287. The number of carbonyl (C=O) groups is 5. The quantitative estimate of drug-likeness (QED) is 0.0310. The van der Waals surface area contributed by atoms with Crippen LogP contribution in [0.3, 0.4) is 0 Å². The molecular weight excluding hydrogens is 829 g/mol. The lowest BCUT2D eigenvalue weighted by Gasteiger charge is -2.36. The number of rotatable bonds is 21. The van der Waals surface area contributed by atoms with Gasteiger partial charge in [0.1, 0.15) is 22.6 Å². The van der Waals surface area contributed by atoms with Gasteiger partial charge in [-0.15, -0.1) is 0 Å². The second-order valence-electron chi connectivity index (χ2n) is 19.0. The number of carbonyl (C=O) groups excluding carboxylic acids is 5. The Hall–Kier alpha value is -6.38. The summed E-state index contributed by atoms with van der Waals surface area (Å²) in [7, 11) is 0. The Morgan fingerprint density at radius 2 is 1.03 bits per heavy atom. The lowest BCUT2D eigenvalue weighted by atomic mass is 9.83. The van der Waals surface area contributed by atoms with Crippen LogP contribution >= 0.6 is 0 Å². The lowest BCUT2D eigenvalue weighted by molar-refractivity contribution is -0.155. The van der Waals surface area contributed by atoms with Gasteiger partial charge in [-0.1, -0.05) is 12.1 Å². The summed E-state index contributed by atoms with van der Waals surface area (Å²) in [6.45, 7) is 16.5. The molecule has 0 atom stereocenters. The van der Waals surface area contributed by atoms with E-state index in [1.807, 2.05) is 48.5 Å². The van der Waals surface area contributed by atoms with Crippen molar-refractivity contribution in [3.63, 3.8) is 0 Å². The highest BCUT2D eigenvalue weighted by atomic mass is 16.6. The summed E-state index contributed by atoms with van der Waals surface area (Å²) in [5, 5.41) is 5.94. The van der Waals surface area contributed by atoms with Gasteiger partial charge in [-0.3, -0.25) is 33.9 Å². The molecule has 3 aromatic heterocycles. The summed E-state index contributed by atoms with van der Waals surface area (Å²) in [5.41, 5.74) is 5.88. The lowest BCUT2D eigenvalue weighted by Crippen LogP contribution is -2.50. The van der Waals surface area contributed by atoms with Crippen molar-refractivity contribution in [1.29, 1.82) is 0 Å². The zero-order valence-electron chi connectivity index (χ0n) is 39.4. The third-order valence-electron chi connectivity index (χ3n) is 9.57. The number of anilines is 1. The molecule has 3 heterocycles. The van der Waals surface area contributed by atoms with E-state index < -0.39 is 52.1 Å². The van der Waals surface area contributed by atoms with E-state index in [0.717, 1.165) is 12.8 Å². The molecule has 350 valence electrons. The van der Waals surface area contributed by atoms with Crippen LogP contribution in [0.25, 0.3) is 22.8 Å². The number of ether oxygens (including phenoxy) is 4. The third-order valence-corrected chi connectivity index (χ3v) is 9.57. The van der Waals surface area contributed by atoms with Gasteiger partial charge in [0.2, 0.25) is 0 Å². The number of hydrogen-bond donors (Lipinski definition) is 3. The van der Waals surface area contributed by atoms with Crippen LogP contribution in [0.5, 0.6) is 5.75 Å². The van der Waals surface area contributed by atoms with Crippen LogP contribution in [0.2, 0.25) is 0 Å². The SMILES string of the molecule is CC(C)(C)OC(=O)CCC(CCC(=O)OC(C)(C)C)(CCC(=O)OC(C)(C)C)NC(=O)c1cc(N)cc(C(=O)NCCCCCOc2cc(-c3ccccn3)nc(-c3ccccn3)c2)c1. The van der Waals surface area contributed by atoms with Crippen molar-refractivity contribution in [3.05, 3.63) is 90.3 Å². The Morgan fingerprint density at radius 1 is 0.569 bits per heavy atom. The predicted octanol–water partition coefficient (Wildman–Crippen LogP) is 8.60. The van der Waals surface area contributed by atoms with Gasteiger partial charge in [0.15, 0.2) is 0 Å². The van der Waals surface area contributed by atoms with Crippen molar-refractivity contribution in [1.82, 2.24) is 25.6 Å². The molecule has 0 unspecified atom stereocenters. The molecule has 0 fully saturated rings. The van der Waals surface area contributed by atoms with E-state index in [4.69, 9.17) is 29.7 Å². The van der Waals surface area contributed by atoms with Crippen LogP contribution in [-0.2, 0) is 28.6 Å². The van der Waals surface area contributed by atoms with E-state index in [1.165, 1.54) is 18.2 Å². The molecule has 15 nitrogen and oxygen atoms in total.